The molecule has 0 radical (unpaired) electrons. The maximum atomic E-state index is 11.6. The van der Waals surface area contributed by atoms with Gasteiger partial charge in [-0.3, -0.25) is 0 Å². The van der Waals surface area contributed by atoms with Crippen molar-refractivity contribution in [2.24, 2.45) is 0 Å². The summed E-state index contributed by atoms with van der Waals surface area (Å²) in [7, 11) is -3.48. The number of nitrogens with one attached hydrogen (secondary N) is 1. The molecule has 1 rings (SSSR count). The van der Waals surface area contributed by atoms with E-state index in [1.54, 1.807) is 6.07 Å². The first-order valence-corrected chi connectivity index (χ1v) is 6.40. The molecule has 6 heteroatoms. The molecule has 82 valence electrons. The quantitative estimate of drug-likeness (QED) is 0.652. The molecule has 1 aromatic carbocycles. The third kappa shape index (κ3) is 3.05. The number of hydrogen-bond donors (Lipinski definition) is 2. The van der Waals surface area contributed by atoms with E-state index >= 15 is 0 Å². The van der Waals surface area contributed by atoms with Gasteiger partial charge in [0.25, 0.3) is 0 Å². The monoisotopic (exact) mass is 290 g/mol. The third-order valence-electron chi connectivity index (χ3n) is 1.70. The molecule has 0 saturated carbocycles. The van der Waals surface area contributed by atoms with Gasteiger partial charge in [0.2, 0.25) is 10.0 Å². The molecule has 0 saturated heterocycles. The number of rotatable bonds is 4. The van der Waals surface area contributed by atoms with E-state index in [-0.39, 0.29) is 11.4 Å². The van der Waals surface area contributed by atoms with Crippen molar-refractivity contribution < 1.29 is 8.42 Å². The van der Waals surface area contributed by atoms with Crippen LogP contribution in [0.15, 0.2) is 40.2 Å². The van der Waals surface area contributed by atoms with Crippen LogP contribution in [0.1, 0.15) is 0 Å². The molecule has 1 aromatic rings. The maximum absolute atomic E-state index is 11.6. The molecule has 0 aliphatic rings. The third-order valence-corrected chi connectivity index (χ3v) is 3.84. The summed E-state index contributed by atoms with van der Waals surface area (Å²) in [6, 6.07) is 4.47. The Labute approximate surface area is 97.4 Å². The minimum atomic E-state index is -3.48. The summed E-state index contributed by atoms with van der Waals surface area (Å²) in [6.07, 6.45) is 1.47. The van der Waals surface area contributed by atoms with Crippen molar-refractivity contribution >= 4 is 31.6 Å². The zero-order chi connectivity index (χ0) is 11.5. The van der Waals surface area contributed by atoms with E-state index in [1.165, 1.54) is 18.2 Å². The molecule has 0 heterocycles. The number of nitrogens with two attached hydrogens (primary N) is 1. The Hall–Kier alpha value is -0.850. The fraction of sp³-hybridized carbons (Fsp3) is 0.111. The number of halogens is 1. The number of anilines is 1. The fourth-order valence-electron chi connectivity index (χ4n) is 0.941. The highest BCUT2D eigenvalue weighted by atomic mass is 79.9. The van der Waals surface area contributed by atoms with Crippen molar-refractivity contribution in [1.29, 1.82) is 0 Å². The Bertz CT molecular complexity index is 471. The molecule has 0 unspecified atom stereocenters. The number of nitrogen functional groups attached to an aromatic ring is 1. The summed E-state index contributed by atoms with van der Waals surface area (Å²) in [5.74, 6) is 0. The predicted octanol–water partition coefficient (Wildman–Crippen LogP) is 1.50. The maximum Gasteiger partial charge on any atom is 0.240 e. The Morgan fingerprint density at radius 1 is 1.53 bits per heavy atom. The summed E-state index contributed by atoms with van der Waals surface area (Å²) in [5.41, 5.74) is 5.97. The van der Waals surface area contributed by atoms with Crippen LogP contribution in [0.4, 0.5) is 5.69 Å². The van der Waals surface area contributed by atoms with Gasteiger partial charge in [-0.05, 0) is 34.1 Å². The Morgan fingerprint density at radius 2 is 2.20 bits per heavy atom. The second-order valence-electron chi connectivity index (χ2n) is 2.82. The molecule has 0 atom stereocenters. The van der Waals surface area contributed by atoms with E-state index in [4.69, 9.17) is 5.73 Å². The lowest BCUT2D eigenvalue weighted by Gasteiger charge is -2.06. The molecule has 0 aromatic heterocycles. The van der Waals surface area contributed by atoms with Crippen molar-refractivity contribution in [2.75, 3.05) is 12.3 Å². The molecule has 4 nitrogen and oxygen atoms in total. The van der Waals surface area contributed by atoms with E-state index in [2.05, 4.69) is 27.2 Å². The molecular weight excluding hydrogens is 280 g/mol. The molecule has 0 amide bonds. The number of hydrogen-bond acceptors (Lipinski definition) is 3. The van der Waals surface area contributed by atoms with Crippen LogP contribution in [0.5, 0.6) is 0 Å². The highest BCUT2D eigenvalue weighted by Crippen LogP contribution is 2.22. The number of benzene rings is 1. The summed E-state index contributed by atoms with van der Waals surface area (Å²) in [4.78, 5) is 0.144. The smallest absolute Gasteiger partial charge is 0.240 e. The average molecular weight is 291 g/mol. The zero-order valence-electron chi connectivity index (χ0n) is 7.90. The molecule has 0 fully saturated rings. The van der Waals surface area contributed by atoms with Gasteiger partial charge >= 0.3 is 0 Å². The van der Waals surface area contributed by atoms with Crippen molar-refractivity contribution in [1.82, 2.24) is 4.72 Å². The second-order valence-corrected chi connectivity index (χ2v) is 5.45. The van der Waals surface area contributed by atoms with Crippen LogP contribution in [0.3, 0.4) is 0 Å². The van der Waals surface area contributed by atoms with Crippen molar-refractivity contribution in [2.45, 2.75) is 4.90 Å². The first-order valence-electron chi connectivity index (χ1n) is 4.13. The molecule has 0 spiro atoms. The van der Waals surface area contributed by atoms with Gasteiger partial charge in [-0.1, -0.05) is 6.08 Å². The minimum Gasteiger partial charge on any atom is -0.398 e. The van der Waals surface area contributed by atoms with Crippen LogP contribution in [-0.4, -0.2) is 15.0 Å². The van der Waals surface area contributed by atoms with Crippen LogP contribution in [-0.2, 0) is 10.0 Å². The van der Waals surface area contributed by atoms with E-state index in [0.717, 1.165) is 0 Å². The van der Waals surface area contributed by atoms with Gasteiger partial charge in [-0.2, -0.15) is 0 Å². The van der Waals surface area contributed by atoms with Crippen molar-refractivity contribution in [3.63, 3.8) is 0 Å². The van der Waals surface area contributed by atoms with Gasteiger partial charge in [-0.25, -0.2) is 13.1 Å². The first-order chi connectivity index (χ1) is 6.97. The molecule has 15 heavy (non-hydrogen) atoms. The fourth-order valence-corrected chi connectivity index (χ4v) is 2.22. The van der Waals surface area contributed by atoms with E-state index < -0.39 is 10.0 Å². The Balaban J connectivity index is 3.05. The van der Waals surface area contributed by atoms with Crippen molar-refractivity contribution in [3.05, 3.63) is 35.3 Å². The summed E-state index contributed by atoms with van der Waals surface area (Å²) < 4.78 is 26.3. The van der Waals surface area contributed by atoms with E-state index in [1.807, 2.05) is 0 Å². The molecule has 3 N–H and O–H groups in total. The van der Waals surface area contributed by atoms with Gasteiger partial charge in [0.15, 0.2) is 0 Å². The van der Waals surface area contributed by atoms with E-state index in [0.29, 0.717) is 10.2 Å². The van der Waals surface area contributed by atoms with Crippen LogP contribution in [0.25, 0.3) is 0 Å². The first kappa shape index (κ1) is 12.2. The number of sulfonamides is 1. The normalized spacial score (nSPS) is 11.3. The van der Waals surface area contributed by atoms with Gasteiger partial charge in [0, 0.05) is 16.7 Å². The van der Waals surface area contributed by atoms with E-state index in [9.17, 15) is 8.42 Å². The zero-order valence-corrected chi connectivity index (χ0v) is 10.3. The van der Waals surface area contributed by atoms with Gasteiger partial charge in [0.05, 0.1) is 4.90 Å². The van der Waals surface area contributed by atoms with Gasteiger partial charge in [-0.15, -0.1) is 6.58 Å². The van der Waals surface area contributed by atoms with Crippen LogP contribution in [0, 0.1) is 0 Å². The molecule has 0 bridgehead atoms. The SMILES string of the molecule is C=CCNS(=O)(=O)c1ccc(Br)c(N)c1. The van der Waals surface area contributed by atoms with Crippen LogP contribution >= 0.6 is 15.9 Å². The van der Waals surface area contributed by atoms with Crippen LogP contribution in [0.2, 0.25) is 0 Å². The molecule has 0 aliphatic heterocycles. The minimum absolute atomic E-state index is 0.144. The van der Waals surface area contributed by atoms with Gasteiger partial charge < -0.3 is 5.73 Å². The highest BCUT2D eigenvalue weighted by Gasteiger charge is 2.13. The summed E-state index contributed by atoms with van der Waals surface area (Å²) in [6.45, 7) is 3.62. The molecule has 0 aliphatic carbocycles. The van der Waals surface area contributed by atoms with Crippen molar-refractivity contribution in [3.8, 4) is 0 Å². The Morgan fingerprint density at radius 3 is 2.73 bits per heavy atom. The topological polar surface area (TPSA) is 72.2 Å². The summed E-state index contributed by atoms with van der Waals surface area (Å²) >= 11 is 3.19. The summed E-state index contributed by atoms with van der Waals surface area (Å²) in [5, 5.41) is 0. The lowest BCUT2D eigenvalue weighted by atomic mass is 10.3. The second kappa shape index (κ2) is 4.78. The molecular formula is C9H11BrN2O2S. The highest BCUT2D eigenvalue weighted by molar-refractivity contribution is 9.10. The largest absolute Gasteiger partial charge is 0.398 e. The predicted molar refractivity (Wildman–Crippen MR) is 63.9 cm³/mol. The Kier molecular flexibility index (Phi) is 3.90. The van der Waals surface area contributed by atoms with Crippen LogP contribution < -0.4 is 10.5 Å². The average Bonchev–Trinajstić information content (AvgIpc) is 2.19. The lowest BCUT2D eigenvalue weighted by molar-refractivity contribution is 0.585. The standard InChI is InChI=1S/C9H11BrN2O2S/c1-2-5-12-15(13,14)7-3-4-8(10)9(11)6-7/h2-4,6,12H,1,5,11H2. The lowest BCUT2D eigenvalue weighted by Crippen LogP contribution is -2.23. The van der Waals surface area contributed by atoms with Gasteiger partial charge in [0.1, 0.15) is 0 Å².